The number of ketones is 2. The van der Waals surface area contributed by atoms with Crippen LogP contribution in [0.5, 0.6) is 0 Å². The number of carboxylic acid groups (broad SMARTS) is 1. The smallest absolute Gasteiger partial charge is 0.303 e. The Labute approximate surface area is 301 Å². The Morgan fingerprint density at radius 1 is 0.784 bits per heavy atom. The summed E-state index contributed by atoms with van der Waals surface area (Å²) in [6.07, 6.45) is 1.63. The lowest BCUT2D eigenvalue weighted by Crippen LogP contribution is -2.56. The molecule has 2 atom stereocenters. The molecule has 0 saturated heterocycles. The molecule has 51 heavy (non-hydrogen) atoms. The van der Waals surface area contributed by atoms with Crippen molar-refractivity contribution in [3.8, 4) is 0 Å². The molecule has 0 aromatic rings. The number of hydrogen-bond acceptors (Lipinski definition) is 12. The Balaban J connectivity index is 2.54. The Kier molecular flexibility index (Phi) is 21.2. The average Bonchev–Trinajstić information content (AvgIpc) is 3.08. The van der Waals surface area contributed by atoms with E-state index < -0.39 is 47.1 Å². The molecule has 16 heteroatoms. The summed E-state index contributed by atoms with van der Waals surface area (Å²) in [5.74, 6) is -2.53. The van der Waals surface area contributed by atoms with E-state index in [-0.39, 0.29) is 88.7 Å². The van der Waals surface area contributed by atoms with Gasteiger partial charge < -0.3 is 46.1 Å². The topological polar surface area (TPSA) is 242 Å². The number of hydrogen-bond donors (Lipinski definition) is 8. The first kappa shape index (κ1) is 46.0. The molecule has 0 aromatic carbocycles. The first-order valence-electron chi connectivity index (χ1n) is 18.1. The number of Topliss-reactive ketones (excluding diaryl/α,β-unsaturated/α-hetero) is 2. The molecule has 1 rings (SSSR count). The molecule has 0 spiro atoms. The number of likely N-dealkylation sites (N-methyl/N-ethyl adjacent to an activating group) is 1. The maximum Gasteiger partial charge on any atom is 0.303 e. The lowest BCUT2D eigenvalue weighted by molar-refractivity contribution is -0.138. The average molecular weight is 730 g/mol. The van der Waals surface area contributed by atoms with Crippen LogP contribution in [-0.4, -0.2) is 126 Å². The van der Waals surface area contributed by atoms with Gasteiger partial charge in [-0.05, 0) is 79.1 Å². The number of amides is 3. The van der Waals surface area contributed by atoms with E-state index in [1.807, 2.05) is 0 Å². The van der Waals surface area contributed by atoms with Crippen molar-refractivity contribution in [3.63, 3.8) is 0 Å². The van der Waals surface area contributed by atoms with E-state index in [9.17, 15) is 44.1 Å². The van der Waals surface area contributed by atoms with E-state index in [1.54, 1.807) is 34.6 Å². The van der Waals surface area contributed by atoms with Crippen molar-refractivity contribution in [2.45, 2.75) is 129 Å². The fraction of sp³-hybridized carbons (Fsp3) is 0.829. The monoisotopic (exact) mass is 729 g/mol. The van der Waals surface area contributed by atoms with Crippen LogP contribution in [0.3, 0.4) is 0 Å². The van der Waals surface area contributed by atoms with E-state index in [0.29, 0.717) is 12.5 Å². The van der Waals surface area contributed by atoms with Gasteiger partial charge in [0.1, 0.15) is 6.61 Å². The molecule has 1 aliphatic rings. The molecular weight excluding hydrogens is 666 g/mol. The number of aliphatic hydroxyl groups is 2. The Hall–Kier alpha value is -3.02. The number of aliphatic carboxylic acids is 1. The van der Waals surface area contributed by atoms with E-state index in [4.69, 9.17) is 9.47 Å². The quantitative estimate of drug-likeness (QED) is 0.0416. The van der Waals surface area contributed by atoms with Crippen molar-refractivity contribution in [2.75, 3.05) is 46.1 Å². The molecule has 1 aliphatic carbocycles. The van der Waals surface area contributed by atoms with Crippen LogP contribution in [0, 0.1) is 11.8 Å². The number of carbonyl (C=O) groups excluding carboxylic acids is 5. The zero-order chi connectivity index (χ0) is 38.6. The molecule has 1 saturated carbocycles. The Morgan fingerprint density at radius 3 is 2.02 bits per heavy atom. The molecule has 2 unspecified atom stereocenters. The second kappa shape index (κ2) is 23.5. The number of nitrogens with one attached hydrogen (secondary N) is 5. The van der Waals surface area contributed by atoms with Gasteiger partial charge in [-0.25, -0.2) is 0 Å². The summed E-state index contributed by atoms with van der Waals surface area (Å²) in [6.45, 7) is 11.5. The van der Waals surface area contributed by atoms with Crippen LogP contribution in [0.25, 0.3) is 0 Å². The molecule has 0 heterocycles. The fourth-order valence-corrected chi connectivity index (χ4v) is 5.70. The van der Waals surface area contributed by atoms with Gasteiger partial charge in [0, 0.05) is 31.8 Å². The molecule has 294 valence electrons. The summed E-state index contributed by atoms with van der Waals surface area (Å²) in [7, 11) is 0. The van der Waals surface area contributed by atoms with E-state index in [2.05, 4.69) is 33.5 Å². The van der Waals surface area contributed by atoms with Crippen molar-refractivity contribution in [3.05, 3.63) is 0 Å². The molecule has 8 N–H and O–H groups in total. The lowest BCUT2D eigenvalue weighted by Gasteiger charge is -2.30. The highest BCUT2D eigenvalue weighted by molar-refractivity contribution is 5.95. The third kappa shape index (κ3) is 18.3. The number of aliphatic hydroxyl groups excluding tert-OH is 1. The predicted octanol–water partition coefficient (Wildman–Crippen LogP) is 0.172. The highest BCUT2D eigenvalue weighted by atomic mass is 16.5. The van der Waals surface area contributed by atoms with Crippen LogP contribution >= 0.6 is 0 Å². The van der Waals surface area contributed by atoms with Crippen molar-refractivity contribution in [1.82, 2.24) is 26.6 Å². The van der Waals surface area contributed by atoms with Crippen LogP contribution in [-0.2, 0) is 38.2 Å². The van der Waals surface area contributed by atoms with Gasteiger partial charge >= 0.3 is 5.97 Å². The zero-order valence-electron chi connectivity index (χ0n) is 31.3. The highest BCUT2D eigenvalue weighted by Gasteiger charge is 2.35. The third-order valence-electron chi connectivity index (χ3n) is 9.26. The second-order valence-corrected chi connectivity index (χ2v) is 14.2. The summed E-state index contributed by atoms with van der Waals surface area (Å²) in [6, 6.07) is -2.22. The van der Waals surface area contributed by atoms with Crippen molar-refractivity contribution in [1.29, 1.82) is 0 Å². The maximum absolute atomic E-state index is 13.5. The fourth-order valence-electron chi connectivity index (χ4n) is 5.70. The number of carbonyl (C=O) groups is 6. The third-order valence-corrected chi connectivity index (χ3v) is 9.26. The Morgan fingerprint density at radius 2 is 1.43 bits per heavy atom. The standard InChI is InChI=1S/C35H63N5O11/c1-7-23-9-11-24(12-10-23)32(47)40-26(33(48)49)13-15-28(42)39-25(14-16-30(44)45)31(46)35(5,6)37-17-18-50-19-20-51-22-27(41)34(3,4)38-21-29(43)36-8-2/h23-26,33,37-38,48-49H,7-22H2,1-6H3,(H,36,43)(H,39,42)(H,40,47)(H,44,45). The van der Waals surface area contributed by atoms with Crippen molar-refractivity contribution in [2.24, 2.45) is 11.8 Å². The minimum Gasteiger partial charge on any atom is -0.481 e. The van der Waals surface area contributed by atoms with Crippen LogP contribution in [0.1, 0.15) is 99.3 Å². The van der Waals surface area contributed by atoms with Gasteiger partial charge in [0.2, 0.25) is 17.7 Å². The molecule has 0 aromatic heterocycles. The van der Waals surface area contributed by atoms with Crippen LogP contribution < -0.4 is 26.6 Å². The highest BCUT2D eigenvalue weighted by Crippen LogP contribution is 2.30. The summed E-state index contributed by atoms with van der Waals surface area (Å²) in [5, 5.41) is 42.9. The second-order valence-electron chi connectivity index (χ2n) is 14.2. The molecule has 0 aliphatic heterocycles. The van der Waals surface area contributed by atoms with Crippen LogP contribution in [0.2, 0.25) is 0 Å². The minimum atomic E-state index is -1.89. The molecule has 16 nitrogen and oxygen atoms in total. The molecule has 0 bridgehead atoms. The van der Waals surface area contributed by atoms with E-state index >= 15 is 0 Å². The number of ether oxygens (including phenoxy) is 2. The SMILES string of the molecule is CCNC(=O)CNC(C)(C)C(=O)COCCOCCNC(C)(C)C(=O)C(CCC(=O)O)NC(=O)CCC(NC(=O)C1CCC(CC)CC1)C(O)O. The van der Waals surface area contributed by atoms with Crippen LogP contribution in [0.4, 0.5) is 0 Å². The van der Waals surface area contributed by atoms with E-state index in [1.165, 1.54) is 0 Å². The van der Waals surface area contributed by atoms with E-state index in [0.717, 1.165) is 32.1 Å². The van der Waals surface area contributed by atoms with Gasteiger partial charge in [0.05, 0.1) is 49.5 Å². The minimum absolute atomic E-state index is 0.00505. The summed E-state index contributed by atoms with van der Waals surface area (Å²) in [4.78, 5) is 74.6. The number of carboxylic acids is 1. The van der Waals surface area contributed by atoms with Gasteiger partial charge in [-0.1, -0.05) is 13.3 Å². The largest absolute Gasteiger partial charge is 0.481 e. The molecule has 0 radical (unpaired) electrons. The summed E-state index contributed by atoms with van der Waals surface area (Å²) < 4.78 is 11.0. The van der Waals surface area contributed by atoms with Crippen molar-refractivity contribution >= 4 is 35.3 Å². The number of rotatable bonds is 27. The lowest BCUT2D eigenvalue weighted by atomic mass is 9.80. The van der Waals surface area contributed by atoms with Gasteiger partial charge in [0.15, 0.2) is 17.9 Å². The molecule has 1 fully saturated rings. The summed E-state index contributed by atoms with van der Waals surface area (Å²) >= 11 is 0. The maximum atomic E-state index is 13.5. The van der Waals surface area contributed by atoms with Gasteiger partial charge in [-0.2, -0.15) is 0 Å². The zero-order valence-corrected chi connectivity index (χ0v) is 31.3. The van der Waals surface area contributed by atoms with Gasteiger partial charge in [0.25, 0.3) is 0 Å². The first-order chi connectivity index (χ1) is 23.9. The first-order valence-corrected chi connectivity index (χ1v) is 18.1. The molecular formula is C35H63N5O11. The van der Waals surface area contributed by atoms with Crippen molar-refractivity contribution < 1.29 is 53.6 Å². The normalized spacial score (nSPS) is 17.7. The molecule has 3 amide bonds. The van der Waals surface area contributed by atoms with Gasteiger partial charge in [-0.3, -0.25) is 34.1 Å². The summed E-state index contributed by atoms with van der Waals surface area (Å²) in [5.41, 5.74) is -2.13. The van der Waals surface area contributed by atoms with Crippen LogP contribution in [0.15, 0.2) is 0 Å². The Bertz CT molecular complexity index is 1120. The van der Waals surface area contributed by atoms with Gasteiger partial charge in [-0.15, -0.1) is 0 Å². The predicted molar refractivity (Wildman–Crippen MR) is 188 cm³/mol.